The van der Waals surface area contributed by atoms with Gasteiger partial charge in [-0.3, -0.25) is 4.90 Å². The van der Waals surface area contributed by atoms with E-state index in [1.807, 2.05) is 0 Å². The zero-order valence-electron chi connectivity index (χ0n) is 13.0. The van der Waals surface area contributed by atoms with Gasteiger partial charge in [-0.1, -0.05) is 13.8 Å². The molecule has 19 heavy (non-hydrogen) atoms. The van der Waals surface area contributed by atoms with Gasteiger partial charge in [0.1, 0.15) is 0 Å². The predicted octanol–water partition coefficient (Wildman–Crippen LogP) is 2.50. The first-order valence-corrected chi connectivity index (χ1v) is 8.10. The molecule has 0 aromatic rings. The highest BCUT2D eigenvalue weighted by Crippen LogP contribution is 2.34. The topological polar surface area (TPSA) is 38.5 Å². The number of likely N-dealkylation sites (tertiary alicyclic amines) is 1. The second kappa shape index (κ2) is 6.55. The van der Waals surface area contributed by atoms with Crippen LogP contribution >= 0.6 is 0 Å². The van der Waals surface area contributed by atoms with Crippen molar-refractivity contribution in [3.8, 4) is 0 Å². The molecule has 0 aromatic heterocycles. The number of hydrogen-bond donors (Lipinski definition) is 1. The van der Waals surface area contributed by atoms with Crippen LogP contribution in [0.2, 0.25) is 0 Å². The molecule has 3 nitrogen and oxygen atoms in total. The van der Waals surface area contributed by atoms with E-state index in [4.69, 9.17) is 10.5 Å². The third kappa shape index (κ3) is 3.32. The minimum atomic E-state index is 0.141. The summed E-state index contributed by atoms with van der Waals surface area (Å²) in [5.74, 6) is 2.33. The first kappa shape index (κ1) is 15.3. The first-order chi connectivity index (χ1) is 9.08. The number of ether oxygens (including phenoxy) is 1. The van der Waals surface area contributed by atoms with E-state index in [2.05, 4.69) is 25.7 Å². The van der Waals surface area contributed by atoms with Gasteiger partial charge in [0.05, 0.1) is 6.61 Å². The van der Waals surface area contributed by atoms with Gasteiger partial charge in [-0.25, -0.2) is 0 Å². The Balaban J connectivity index is 2.02. The highest BCUT2D eigenvalue weighted by molar-refractivity contribution is 4.96. The normalized spacial score (nSPS) is 33.3. The molecule has 2 rings (SSSR count). The largest absolute Gasteiger partial charge is 0.381 e. The van der Waals surface area contributed by atoms with Crippen LogP contribution < -0.4 is 5.73 Å². The Morgan fingerprint density at radius 3 is 2.63 bits per heavy atom. The van der Waals surface area contributed by atoms with Gasteiger partial charge < -0.3 is 10.5 Å². The van der Waals surface area contributed by atoms with Crippen molar-refractivity contribution >= 4 is 0 Å². The molecule has 3 heteroatoms. The van der Waals surface area contributed by atoms with E-state index in [1.54, 1.807) is 0 Å². The lowest BCUT2D eigenvalue weighted by atomic mass is 9.83. The van der Waals surface area contributed by atoms with Crippen LogP contribution in [-0.2, 0) is 4.74 Å². The average Bonchev–Trinajstić information content (AvgIpc) is 2.82. The van der Waals surface area contributed by atoms with E-state index >= 15 is 0 Å². The summed E-state index contributed by atoms with van der Waals surface area (Å²) in [4.78, 5) is 2.68. The Kier molecular flexibility index (Phi) is 5.27. The number of hydrogen-bond acceptors (Lipinski definition) is 3. The summed E-state index contributed by atoms with van der Waals surface area (Å²) >= 11 is 0. The highest BCUT2D eigenvalue weighted by Gasteiger charge is 2.41. The van der Waals surface area contributed by atoms with Crippen LogP contribution in [0.1, 0.15) is 46.5 Å². The molecule has 3 atom stereocenters. The van der Waals surface area contributed by atoms with Gasteiger partial charge in [0, 0.05) is 24.6 Å². The van der Waals surface area contributed by atoms with E-state index in [-0.39, 0.29) is 5.54 Å². The Morgan fingerprint density at radius 1 is 1.26 bits per heavy atom. The zero-order valence-corrected chi connectivity index (χ0v) is 13.0. The Labute approximate surface area is 118 Å². The molecule has 2 heterocycles. The van der Waals surface area contributed by atoms with Crippen molar-refractivity contribution < 1.29 is 4.74 Å². The van der Waals surface area contributed by atoms with Crippen molar-refractivity contribution in [1.82, 2.24) is 4.90 Å². The van der Waals surface area contributed by atoms with Crippen LogP contribution in [0.15, 0.2) is 0 Å². The smallest absolute Gasteiger partial charge is 0.0513 e. The summed E-state index contributed by atoms with van der Waals surface area (Å²) in [6.07, 6.45) is 5.22. The van der Waals surface area contributed by atoms with E-state index in [0.29, 0.717) is 5.92 Å². The maximum Gasteiger partial charge on any atom is 0.0513 e. The highest BCUT2D eigenvalue weighted by atomic mass is 16.5. The minimum absolute atomic E-state index is 0.141. The predicted molar refractivity (Wildman–Crippen MR) is 80.1 cm³/mol. The zero-order chi connectivity index (χ0) is 13.9. The molecule has 0 spiro atoms. The van der Waals surface area contributed by atoms with Gasteiger partial charge in [-0.2, -0.15) is 0 Å². The number of nitrogens with zero attached hydrogens (tertiary/aromatic N) is 1. The van der Waals surface area contributed by atoms with Crippen molar-refractivity contribution in [2.45, 2.75) is 52.0 Å². The lowest BCUT2D eigenvalue weighted by Gasteiger charge is -2.44. The van der Waals surface area contributed by atoms with Crippen LogP contribution in [0, 0.1) is 17.8 Å². The van der Waals surface area contributed by atoms with Crippen molar-refractivity contribution in [3.05, 3.63) is 0 Å². The molecular weight excluding hydrogens is 236 g/mol. The van der Waals surface area contributed by atoms with Gasteiger partial charge >= 0.3 is 0 Å². The second-order valence-electron chi connectivity index (χ2n) is 7.04. The van der Waals surface area contributed by atoms with Gasteiger partial charge in [0.2, 0.25) is 0 Å². The Hall–Kier alpha value is -0.120. The van der Waals surface area contributed by atoms with Crippen molar-refractivity contribution in [1.29, 1.82) is 0 Å². The maximum absolute atomic E-state index is 6.17. The minimum Gasteiger partial charge on any atom is -0.381 e. The van der Waals surface area contributed by atoms with Gasteiger partial charge in [-0.15, -0.1) is 0 Å². The Morgan fingerprint density at radius 2 is 2.05 bits per heavy atom. The fourth-order valence-electron chi connectivity index (χ4n) is 3.88. The van der Waals surface area contributed by atoms with E-state index < -0.39 is 0 Å². The van der Waals surface area contributed by atoms with Gasteiger partial charge in [0.15, 0.2) is 0 Å². The Bertz CT molecular complexity index is 276. The fraction of sp³-hybridized carbons (Fsp3) is 1.00. The molecule has 2 saturated heterocycles. The average molecular weight is 268 g/mol. The van der Waals surface area contributed by atoms with Crippen LogP contribution in [0.5, 0.6) is 0 Å². The third-order valence-corrected chi connectivity index (χ3v) is 5.66. The summed E-state index contributed by atoms with van der Waals surface area (Å²) in [5, 5.41) is 0. The molecule has 0 radical (unpaired) electrons. The standard InChI is InChI=1S/C16H32N2O/c1-13(2)14-5-4-8-18(9-6-14)16(3,12-17)15-7-10-19-11-15/h13-15H,4-12,17H2,1-3H3. The van der Waals surface area contributed by atoms with Crippen LogP contribution in [-0.4, -0.2) is 43.3 Å². The molecule has 2 fully saturated rings. The second-order valence-corrected chi connectivity index (χ2v) is 7.04. The lowest BCUT2D eigenvalue weighted by Crippen LogP contribution is -2.57. The molecule has 3 unspecified atom stereocenters. The summed E-state index contributed by atoms with van der Waals surface area (Å²) in [6, 6.07) is 0. The number of rotatable bonds is 4. The molecule has 0 saturated carbocycles. The lowest BCUT2D eigenvalue weighted by molar-refractivity contribution is 0.0465. The maximum atomic E-state index is 6.17. The van der Waals surface area contributed by atoms with E-state index in [0.717, 1.165) is 31.6 Å². The van der Waals surface area contributed by atoms with Gasteiger partial charge in [-0.05, 0) is 57.5 Å². The molecular formula is C16H32N2O. The molecule has 2 aliphatic heterocycles. The van der Waals surface area contributed by atoms with Crippen molar-refractivity contribution in [3.63, 3.8) is 0 Å². The molecule has 0 aromatic carbocycles. The van der Waals surface area contributed by atoms with E-state index in [1.165, 1.54) is 38.8 Å². The fourth-order valence-corrected chi connectivity index (χ4v) is 3.88. The van der Waals surface area contributed by atoms with Crippen molar-refractivity contribution in [2.24, 2.45) is 23.5 Å². The quantitative estimate of drug-likeness (QED) is 0.851. The van der Waals surface area contributed by atoms with E-state index in [9.17, 15) is 0 Å². The molecule has 0 aliphatic carbocycles. The summed E-state index contributed by atoms with van der Waals surface area (Å²) in [5.41, 5.74) is 6.31. The van der Waals surface area contributed by atoms with Crippen LogP contribution in [0.25, 0.3) is 0 Å². The van der Waals surface area contributed by atoms with Gasteiger partial charge in [0.25, 0.3) is 0 Å². The third-order valence-electron chi connectivity index (χ3n) is 5.66. The molecule has 2 N–H and O–H groups in total. The molecule has 0 amide bonds. The summed E-state index contributed by atoms with van der Waals surface area (Å²) in [6.45, 7) is 12.1. The first-order valence-electron chi connectivity index (χ1n) is 8.10. The number of nitrogens with two attached hydrogens (primary N) is 1. The molecule has 112 valence electrons. The van der Waals surface area contributed by atoms with Crippen LogP contribution in [0.3, 0.4) is 0 Å². The summed E-state index contributed by atoms with van der Waals surface area (Å²) in [7, 11) is 0. The van der Waals surface area contributed by atoms with Crippen LogP contribution in [0.4, 0.5) is 0 Å². The SMILES string of the molecule is CC(C)C1CCCN(C(C)(CN)C2CCOC2)CC1. The summed E-state index contributed by atoms with van der Waals surface area (Å²) < 4.78 is 5.60. The molecule has 2 aliphatic rings. The molecule has 0 bridgehead atoms. The van der Waals surface area contributed by atoms with Crippen molar-refractivity contribution in [2.75, 3.05) is 32.8 Å². The monoisotopic (exact) mass is 268 g/mol.